The van der Waals surface area contributed by atoms with Gasteiger partial charge in [0.2, 0.25) is 5.95 Å². The summed E-state index contributed by atoms with van der Waals surface area (Å²) in [5.74, 6) is 1.37. The molecule has 2 heterocycles. The zero-order valence-electron chi connectivity index (χ0n) is 13.7. The largest absolute Gasteiger partial charge is 0.317 e. The van der Waals surface area contributed by atoms with Crippen LogP contribution in [0.3, 0.4) is 0 Å². The minimum absolute atomic E-state index is 0. The molecule has 1 aromatic heterocycles. The molecule has 1 aliphatic rings. The molecule has 0 spiro atoms. The van der Waals surface area contributed by atoms with Gasteiger partial charge in [0.05, 0.1) is 0 Å². The third-order valence-corrected chi connectivity index (χ3v) is 4.55. The maximum Gasteiger partial charge on any atom is 0.258 e. The summed E-state index contributed by atoms with van der Waals surface area (Å²) in [6.45, 7) is 3.86. The first-order chi connectivity index (χ1) is 11.0. The van der Waals surface area contributed by atoms with E-state index in [0.717, 1.165) is 37.3 Å². The van der Waals surface area contributed by atoms with Crippen LogP contribution in [0.5, 0.6) is 0 Å². The van der Waals surface area contributed by atoms with E-state index in [0.29, 0.717) is 22.5 Å². The Labute approximate surface area is 152 Å². The summed E-state index contributed by atoms with van der Waals surface area (Å²) in [6, 6.07) is 5.24. The summed E-state index contributed by atoms with van der Waals surface area (Å²) in [5.41, 5.74) is 1.45. The highest BCUT2D eigenvalue weighted by molar-refractivity contribution is 6.31. The van der Waals surface area contributed by atoms with Crippen LogP contribution in [-0.2, 0) is 7.05 Å². The van der Waals surface area contributed by atoms with Crippen molar-refractivity contribution in [2.75, 3.05) is 18.4 Å². The lowest BCUT2D eigenvalue weighted by Gasteiger charge is -2.19. The van der Waals surface area contributed by atoms with Crippen LogP contribution in [0, 0.1) is 6.92 Å². The number of rotatable bonds is 3. The molecular weight excluding hydrogens is 349 g/mol. The lowest BCUT2D eigenvalue weighted by Crippen LogP contribution is -2.27. The molecule has 1 saturated heterocycles. The number of carbonyl (C=O) groups excluding carboxylic acids is 1. The average Bonchev–Trinajstić information content (AvgIpc) is 2.92. The number of benzene rings is 1. The van der Waals surface area contributed by atoms with E-state index in [4.69, 9.17) is 11.6 Å². The fourth-order valence-electron chi connectivity index (χ4n) is 2.67. The molecule has 0 unspecified atom stereocenters. The predicted octanol–water partition coefficient (Wildman–Crippen LogP) is 2.92. The van der Waals surface area contributed by atoms with E-state index in [1.54, 1.807) is 23.9 Å². The van der Waals surface area contributed by atoms with E-state index < -0.39 is 0 Å². The smallest absolute Gasteiger partial charge is 0.258 e. The summed E-state index contributed by atoms with van der Waals surface area (Å²) >= 11 is 6.08. The van der Waals surface area contributed by atoms with Crippen molar-refractivity contribution >= 4 is 35.9 Å². The van der Waals surface area contributed by atoms with Crippen LogP contribution in [0.15, 0.2) is 18.2 Å². The molecule has 1 aromatic carbocycles. The van der Waals surface area contributed by atoms with Gasteiger partial charge >= 0.3 is 0 Å². The Morgan fingerprint density at radius 2 is 2.08 bits per heavy atom. The van der Waals surface area contributed by atoms with Crippen LogP contribution in [0.2, 0.25) is 5.02 Å². The molecule has 0 atom stereocenters. The van der Waals surface area contributed by atoms with Crippen LogP contribution in [0.1, 0.15) is 40.5 Å². The van der Waals surface area contributed by atoms with Gasteiger partial charge in [-0.2, -0.15) is 10.1 Å². The van der Waals surface area contributed by atoms with Gasteiger partial charge in [-0.15, -0.1) is 12.4 Å². The molecule has 0 saturated carbocycles. The van der Waals surface area contributed by atoms with Gasteiger partial charge in [0.15, 0.2) is 5.82 Å². The average molecular weight is 370 g/mol. The minimum atomic E-state index is -0.237. The van der Waals surface area contributed by atoms with Crippen molar-refractivity contribution < 1.29 is 4.79 Å². The topological polar surface area (TPSA) is 71.8 Å². The Morgan fingerprint density at radius 1 is 1.38 bits per heavy atom. The molecule has 8 heteroatoms. The van der Waals surface area contributed by atoms with Crippen molar-refractivity contribution in [3.8, 4) is 0 Å². The number of hydrogen-bond donors (Lipinski definition) is 2. The normalized spacial score (nSPS) is 15.0. The molecule has 6 nitrogen and oxygen atoms in total. The summed E-state index contributed by atoms with van der Waals surface area (Å²) in [5, 5.41) is 11.2. The Morgan fingerprint density at radius 3 is 2.75 bits per heavy atom. The lowest BCUT2D eigenvalue weighted by atomic mass is 9.98. The van der Waals surface area contributed by atoms with Crippen LogP contribution >= 0.6 is 24.0 Å². The molecule has 0 bridgehead atoms. The molecule has 2 aromatic rings. The first kappa shape index (κ1) is 18.7. The maximum atomic E-state index is 12.4. The van der Waals surface area contributed by atoms with Crippen molar-refractivity contribution in [3.63, 3.8) is 0 Å². The molecule has 0 aliphatic carbocycles. The highest BCUT2D eigenvalue weighted by Gasteiger charge is 2.21. The van der Waals surface area contributed by atoms with Gasteiger partial charge in [0.25, 0.3) is 5.91 Å². The zero-order chi connectivity index (χ0) is 16.4. The van der Waals surface area contributed by atoms with Crippen LogP contribution < -0.4 is 10.6 Å². The SMILES string of the molecule is Cc1ccc(C(=O)Nc2nc(C3CCNCC3)nn2C)cc1Cl.Cl. The molecule has 1 fully saturated rings. The van der Waals surface area contributed by atoms with Crippen molar-refractivity contribution in [1.82, 2.24) is 20.1 Å². The highest BCUT2D eigenvalue weighted by atomic mass is 35.5. The number of halogens is 2. The standard InChI is InChI=1S/C16H20ClN5O.ClH/c1-10-3-4-12(9-13(10)17)15(23)20-16-19-14(21-22(16)2)11-5-7-18-8-6-11;/h3-4,9,11,18H,5-8H2,1-2H3,(H,19,20,21,23);1H. The molecule has 130 valence electrons. The fraction of sp³-hybridized carbons (Fsp3) is 0.438. The number of aryl methyl sites for hydroxylation is 2. The number of hydrogen-bond acceptors (Lipinski definition) is 4. The van der Waals surface area contributed by atoms with Crippen LogP contribution in [-0.4, -0.2) is 33.8 Å². The third kappa shape index (κ3) is 4.06. The van der Waals surface area contributed by atoms with Crippen molar-refractivity contribution in [1.29, 1.82) is 0 Å². The molecule has 0 radical (unpaired) electrons. The quantitative estimate of drug-likeness (QED) is 0.872. The van der Waals surface area contributed by atoms with Gasteiger partial charge < -0.3 is 5.32 Å². The van der Waals surface area contributed by atoms with Gasteiger partial charge in [-0.25, -0.2) is 4.68 Å². The Bertz CT molecular complexity index is 725. The molecule has 2 N–H and O–H groups in total. The number of anilines is 1. The number of piperidine rings is 1. The van der Waals surface area contributed by atoms with E-state index in [1.165, 1.54) is 0 Å². The molecule has 1 aliphatic heterocycles. The first-order valence-corrected chi connectivity index (χ1v) is 8.11. The van der Waals surface area contributed by atoms with Crippen LogP contribution in [0.25, 0.3) is 0 Å². The minimum Gasteiger partial charge on any atom is -0.317 e. The molecular formula is C16H21Cl2N5O. The summed E-state index contributed by atoms with van der Waals surface area (Å²) in [7, 11) is 1.79. The molecule has 1 amide bonds. The molecule has 24 heavy (non-hydrogen) atoms. The van der Waals surface area contributed by atoms with Crippen LogP contribution in [0.4, 0.5) is 5.95 Å². The Kier molecular flexibility index (Phi) is 6.21. The van der Waals surface area contributed by atoms with Gasteiger partial charge in [-0.3, -0.25) is 10.1 Å². The van der Waals surface area contributed by atoms with E-state index >= 15 is 0 Å². The van der Waals surface area contributed by atoms with Gasteiger partial charge in [-0.1, -0.05) is 17.7 Å². The van der Waals surface area contributed by atoms with Gasteiger partial charge in [-0.05, 0) is 50.6 Å². The zero-order valence-corrected chi connectivity index (χ0v) is 15.2. The van der Waals surface area contributed by atoms with Gasteiger partial charge in [0.1, 0.15) is 0 Å². The fourth-order valence-corrected chi connectivity index (χ4v) is 2.85. The second kappa shape index (κ2) is 7.96. The third-order valence-electron chi connectivity index (χ3n) is 4.14. The summed E-state index contributed by atoms with van der Waals surface area (Å²) in [4.78, 5) is 16.9. The number of nitrogens with one attached hydrogen (secondary N) is 2. The number of nitrogens with zero attached hydrogens (tertiary/aromatic N) is 3. The van der Waals surface area contributed by atoms with E-state index in [9.17, 15) is 4.79 Å². The van der Waals surface area contributed by atoms with Gasteiger partial charge in [0, 0.05) is 23.6 Å². The Hall–Kier alpha value is -1.63. The highest BCUT2D eigenvalue weighted by Crippen LogP contribution is 2.23. The summed E-state index contributed by atoms with van der Waals surface area (Å²) in [6.07, 6.45) is 2.04. The lowest BCUT2D eigenvalue weighted by molar-refractivity contribution is 0.102. The Balaban J connectivity index is 0.00000208. The van der Waals surface area contributed by atoms with Crippen molar-refractivity contribution in [2.45, 2.75) is 25.7 Å². The number of carbonyl (C=O) groups is 1. The molecule has 3 rings (SSSR count). The van der Waals surface area contributed by atoms with Crippen molar-refractivity contribution in [2.24, 2.45) is 7.05 Å². The first-order valence-electron chi connectivity index (χ1n) is 7.74. The second-order valence-electron chi connectivity index (χ2n) is 5.86. The van der Waals surface area contributed by atoms with E-state index in [-0.39, 0.29) is 18.3 Å². The predicted molar refractivity (Wildman–Crippen MR) is 97.2 cm³/mol. The number of amides is 1. The van der Waals surface area contributed by atoms with E-state index in [1.807, 2.05) is 13.0 Å². The maximum absolute atomic E-state index is 12.4. The van der Waals surface area contributed by atoms with E-state index in [2.05, 4.69) is 20.7 Å². The monoisotopic (exact) mass is 369 g/mol. The number of aromatic nitrogens is 3. The van der Waals surface area contributed by atoms with Crippen molar-refractivity contribution in [3.05, 3.63) is 40.2 Å². The summed E-state index contributed by atoms with van der Waals surface area (Å²) < 4.78 is 1.62. The second-order valence-corrected chi connectivity index (χ2v) is 6.27.